The highest BCUT2D eigenvalue weighted by molar-refractivity contribution is 5.87. The third-order valence-corrected chi connectivity index (χ3v) is 2.47. The molecule has 0 spiro atoms. The molecule has 0 heterocycles. The van der Waals surface area contributed by atoms with Gasteiger partial charge in [-0.3, -0.25) is 0 Å². The van der Waals surface area contributed by atoms with Gasteiger partial charge in [-0.25, -0.2) is 9.59 Å². The first-order chi connectivity index (χ1) is 8.27. The molecule has 0 aliphatic carbocycles. The fraction of sp³-hybridized carbons (Fsp3) is 0.273. The van der Waals surface area contributed by atoms with Crippen LogP contribution in [-0.2, 0) is 16.0 Å². The van der Waals surface area contributed by atoms with Gasteiger partial charge in [-0.2, -0.15) is 0 Å². The van der Waals surface area contributed by atoms with Crippen LogP contribution in [0.5, 0.6) is 5.75 Å². The lowest BCUT2D eigenvalue weighted by molar-refractivity contribution is -0.183. The maximum atomic E-state index is 10.9. The lowest BCUT2D eigenvalue weighted by atomic mass is 9.89. The van der Waals surface area contributed by atoms with Gasteiger partial charge in [0.1, 0.15) is 5.75 Å². The van der Waals surface area contributed by atoms with E-state index in [-0.39, 0.29) is 11.3 Å². The fourth-order valence-corrected chi connectivity index (χ4v) is 1.42. The summed E-state index contributed by atoms with van der Waals surface area (Å²) in [6.45, 7) is 0. The van der Waals surface area contributed by atoms with Crippen molar-refractivity contribution in [3.05, 3.63) is 29.8 Å². The zero-order chi connectivity index (χ0) is 13.9. The monoisotopic (exact) mass is 256 g/mol. The van der Waals surface area contributed by atoms with Crippen molar-refractivity contribution in [2.24, 2.45) is 0 Å². The highest BCUT2D eigenvalue weighted by Gasteiger charge is 2.47. The zero-order valence-corrected chi connectivity index (χ0v) is 9.15. The summed E-state index contributed by atoms with van der Waals surface area (Å²) < 4.78 is 0. The molecule has 0 fully saturated rings. The molecular weight excluding hydrogens is 244 g/mol. The maximum Gasteiger partial charge on any atom is 0.339 e. The fourth-order valence-electron chi connectivity index (χ4n) is 1.42. The number of carboxylic acids is 2. The predicted octanol–water partition coefficient (Wildman–Crippen LogP) is -0.804. The SMILES string of the molecule is O=C(O)[C@@H](O)[C@](O)(Cc1ccc(O)cc1)C(=O)O. The highest BCUT2D eigenvalue weighted by atomic mass is 16.4. The number of phenols is 1. The van der Waals surface area contributed by atoms with Crippen LogP contribution in [0.25, 0.3) is 0 Å². The summed E-state index contributed by atoms with van der Waals surface area (Å²) in [7, 11) is 0. The number of aromatic hydroxyl groups is 1. The van der Waals surface area contributed by atoms with Gasteiger partial charge in [0.15, 0.2) is 6.10 Å². The van der Waals surface area contributed by atoms with Gasteiger partial charge >= 0.3 is 11.9 Å². The average molecular weight is 256 g/mol. The molecule has 0 amide bonds. The van der Waals surface area contributed by atoms with Crippen molar-refractivity contribution in [3.63, 3.8) is 0 Å². The van der Waals surface area contributed by atoms with E-state index in [4.69, 9.17) is 15.3 Å². The molecule has 7 heteroatoms. The first-order valence-corrected chi connectivity index (χ1v) is 4.92. The van der Waals surface area contributed by atoms with Crippen LogP contribution in [0.1, 0.15) is 5.56 Å². The van der Waals surface area contributed by atoms with E-state index in [9.17, 15) is 19.8 Å². The van der Waals surface area contributed by atoms with Gasteiger partial charge in [0, 0.05) is 6.42 Å². The molecule has 0 saturated heterocycles. The van der Waals surface area contributed by atoms with E-state index in [0.717, 1.165) is 0 Å². The van der Waals surface area contributed by atoms with E-state index in [1.54, 1.807) is 0 Å². The van der Waals surface area contributed by atoms with Crippen LogP contribution in [0.2, 0.25) is 0 Å². The van der Waals surface area contributed by atoms with Crippen LogP contribution in [-0.4, -0.2) is 49.2 Å². The predicted molar refractivity (Wildman–Crippen MR) is 58.0 cm³/mol. The largest absolute Gasteiger partial charge is 0.508 e. The van der Waals surface area contributed by atoms with E-state index in [1.807, 2.05) is 0 Å². The van der Waals surface area contributed by atoms with E-state index in [2.05, 4.69) is 0 Å². The molecule has 98 valence electrons. The third kappa shape index (κ3) is 2.76. The Balaban J connectivity index is 3.03. The molecule has 0 unspecified atom stereocenters. The van der Waals surface area contributed by atoms with Gasteiger partial charge in [-0.1, -0.05) is 12.1 Å². The van der Waals surface area contributed by atoms with Crippen LogP contribution < -0.4 is 0 Å². The first-order valence-electron chi connectivity index (χ1n) is 4.92. The van der Waals surface area contributed by atoms with Crippen LogP contribution in [0.4, 0.5) is 0 Å². The number of aliphatic hydroxyl groups excluding tert-OH is 1. The minimum Gasteiger partial charge on any atom is -0.508 e. The second-order valence-corrected chi connectivity index (χ2v) is 3.81. The number of phenolic OH excluding ortho intramolecular Hbond substituents is 1. The second-order valence-electron chi connectivity index (χ2n) is 3.81. The number of carbonyl (C=O) groups is 2. The van der Waals surface area contributed by atoms with E-state index < -0.39 is 30.1 Å². The Bertz CT molecular complexity index is 453. The average Bonchev–Trinajstić information content (AvgIpc) is 2.30. The lowest BCUT2D eigenvalue weighted by Crippen LogP contribution is -2.54. The Morgan fingerprint density at radius 3 is 2.06 bits per heavy atom. The Kier molecular flexibility index (Phi) is 3.89. The number of aliphatic hydroxyl groups is 2. The maximum absolute atomic E-state index is 10.9. The Morgan fingerprint density at radius 2 is 1.67 bits per heavy atom. The molecule has 0 bridgehead atoms. The van der Waals surface area contributed by atoms with Gasteiger partial charge < -0.3 is 25.5 Å². The Labute approximate surface area is 102 Å². The van der Waals surface area contributed by atoms with Gasteiger partial charge in [0.2, 0.25) is 5.60 Å². The van der Waals surface area contributed by atoms with Crippen LogP contribution in [0.3, 0.4) is 0 Å². The molecule has 0 aliphatic rings. The van der Waals surface area contributed by atoms with Crippen molar-refractivity contribution < 1.29 is 35.1 Å². The van der Waals surface area contributed by atoms with Crippen LogP contribution in [0, 0.1) is 0 Å². The van der Waals surface area contributed by atoms with Crippen molar-refractivity contribution in [1.82, 2.24) is 0 Å². The third-order valence-electron chi connectivity index (χ3n) is 2.47. The summed E-state index contributed by atoms with van der Waals surface area (Å²) in [5.74, 6) is -3.74. The Hall–Kier alpha value is -2.12. The van der Waals surface area contributed by atoms with Gasteiger partial charge in [-0.15, -0.1) is 0 Å². The van der Waals surface area contributed by atoms with Gasteiger partial charge in [0.25, 0.3) is 0 Å². The molecule has 0 saturated carbocycles. The van der Waals surface area contributed by atoms with Crippen molar-refractivity contribution in [2.45, 2.75) is 18.1 Å². The van der Waals surface area contributed by atoms with Crippen molar-refractivity contribution in [2.75, 3.05) is 0 Å². The smallest absolute Gasteiger partial charge is 0.339 e. The molecule has 1 rings (SSSR count). The van der Waals surface area contributed by atoms with E-state index >= 15 is 0 Å². The summed E-state index contributed by atoms with van der Waals surface area (Å²) in [6.07, 6.45) is -3.06. The van der Waals surface area contributed by atoms with Crippen molar-refractivity contribution in [1.29, 1.82) is 0 Å². The number of hydrogen-bond acceptors (Lipinski definition) is 5. The molecule has 5 N–H and O–H groups in total. The lowest BCUT2D eigenvalue weighted by Gasteiger charge is -2.26. The minimum absolute atomic E-state index is 0.0589. The molecule has 0 radical (unpaired) electrons. The van der Waals surface area contributed by atoms with E-state index in [1.165, 1.54) is 24.3 Å². The highest BCUT2D eigenvalue weighted by Crippen LogP contribution is 2.20. The first kappa shape index (κ1) is 13.9. The molecule has 18 heavy (non-hydrogen) atoms. The summed E-state index contributed by atoms with van der Waals surface area (Å²) in [6, 6.07) is 5.14. The normalized spacial score (nSPS) is 15.7. The standard InChI is InChI=1S/C11H12O7/c12-7-3-1-6(2-4-7)5-11(18,10(16)17)8(13)9(14)15/h1-4,8,12-13,18H,5H2,(H,14,15)(H,16,17)/t8-,11-/m1/s1. The summed E-state index contributed by atoms with van der Waals surface area (Å²) >= 11 is 0. The molecular formula is C11H12O7. The summed E-state index contributed by atoms with van der Waals surface area (Å²) in [4.78, 5) is 21.5. The summed E-state index contributed by atoms with van der Waals surface area (Å²) in [5.41, 5.74) is -2.57. The number of aliphatic carboxylic acids is 2. The van der Waals surface area contributed by atoms with Crippen LogP contribution >= 0.6 is 0 Å². The number of benzene rings is 1. The molecule has 0 aromatic heterocycles. The van der Waals surface area contributed by atoms with Crippen molar-refractivity contribution in [3.8, 4) is 5.75 Å². The zero-order valence-electron chi connectivity index (χ0n) is 9.15. The Morgan fingerprint density at radius 1 is 1.17 bits per heavy atom. The molecule has 7 nitrogen and oxygen atoms in total. The number of carboxylic acid groups (broad SMARTS) is 2. The minimum atomic E-state index is -2.83. The van der Waals surface area contributed by atoms with Crippen LogP contribution in [0.15, 0.2) is 24.3 Å². The van der Waals surface area contributed by atoms with Crippen molar-refractivity contribution >= 4 is 11.9 Å². The quantitative estimate of drug-likeness (QED) is 0.465. The van der Waals surface area contributed by atoms with Gasteiger partial charge in [-0.05, 0) is 17.7 Å². The molecule has 0 aliphatic heterocycles. The van der Waals surface area contributed by atoms with E-state index in [0.29, 0.717) is 0 Å². The number of hydrogen-bond donors (Lipinski definition) is 5. The molecule has 1 aromatic carbocycles. The van der Waals surface area contributed by atoms with Gasteiger partial charge in [0.05, 0.1) is 0 Å². The topological polar surface area (TPSA) is 135 Å². The second kappa shape index (κ2) is 5.03. The molecule has 1 aromatic rings. The number of rotatable bonds is 5. The molecule has 2 atom stereocenters. The summed E-state index contributed by atoms with van der Waals surface area (Å²) in [5, 5.41) is 45.5.